The van der Waals surface area contributed by atoms with Crippen molar-refractivity contribution >= 4 is 122 Å². The normalized spacial score (nSPS) is 12.9. The molecule has 0 unspecified atom stereocenters. The lowest BCUT2D eigenvalue weighted by atomic mass is 9.34. The van der Waals surface area contributed by atoms with Crippen LogP contribution in [0.3, 0.4) is 0 Å². The van der Waals surface area contributed by atoms with E-state index in [0.717, 1.165) is 89.7 Å². The number of ether oxygens (including phenoxy) is 1. The predicted octanol–water partition coefficient (Wildman–Crippen LogP) is 16.8. The SMILES string of the molecule is c1ccc(-c2ccccc2N2c3cc4c(cc3B3c5cc6c7ccccc7n(-c7ccccc7)c6cc5Oc5cc(-c6ccc7c(c6)c6cccc8c9ccccc9n7c86)cc2c53)c2ccccc2n4-c2ccccc2)cc1. The molecule has 16 aromatic rings. The highest BCUT2D eigenvalue weighted by Gasteiger charge is 2.44. The summed E-state index contributed by atoms with van der Waals surface area (Å²) < 4.78 is 14.9. The second-order valence-corrected chi connectivity index (χ2v) is 21.2. The van der Waals surface area contributed by atoms with Gasteiger partial charge in [0.05, 0.1) is 44.3 Å². The standard InChI is InChI=1S/C72H43BN4O/c1-4-19-44(20-5-1)49-25-10-14-31-60(49)76-67-42-65-56(51-27-12-15-32-61(51)74(65)47-21-6-2-7-22-47)40-58(67)73-59-41-57-52-28-13-16-33-62(52)75(48-23-8-3-9-24-48)66(57)43-69(59)78-70-39-46(38-68(76)71(70)73)45-35-36-64-55(37-45)54-30-18-29-53-50-26-11-17-34-63(50)77(64)72(53)54/h1-43H. The van der Waals surface area contributed by atoms with E-state index in [0.29, 0.717) is 0 Å². The number of aromatic nitrogens is 3. The van der Waals surface area contributed by atoms with Gasteiger partial charge < -0.3 is 23.2 Å². The van der Waals surface area contributed by atoms with Crippen molar-refractivity contribution in [2.75, 3.05) is 4.90 Å². The topological polar surface area (TPSA) is 26.7 Å². The third-order valence-electron chi connectivity index (χ3n) is 17.2. The molecule has 6 heteroatoms. The van der Waals surface area contributed by atoms with Crippen molar-refractivity contribution in [1.82, 2.24) is 13.5 Å². The number of benzene rings is 12. The van der Waals surface area contributed by atoms with E-state index >= 15 is 0 Å². The van der Waals surface area contributed by atoms with Gasteiger partial charge in [0.15, 0.2) is 0 Å². The number of nitrogens with zero attached hydrogens (tertiary/aromatic N) is 4. The zero-order valence-corrected chi connectivity index (χ0v) is 42.1. The molecule has 0 spiro atoms. The van der Waals surface area contributed by atoms with Crippen molar-refractivity contribution in [3.05, 3.63) is 261 Å². The zero-order valence-electron chi connectivity index (χ0n) is 42.1. The minimum Gasteiger partial charge on any atom is -0.458 e. The first-order valence-corrected chi connectivity index (χ1v) is 26.9. The number of para-hydroxylation sites is 7. The number of rotatable bonds is 5. The summed E-state index contributed by atoms with van der Waals surface area (Å²) in [6, 6.07) is 96.3. The average Bonchev–Trinajstić information content (AvgIpc) is 4.30. The molecule has 4 aromatic heterocycles. The summed E-state index contributed by atoms with van der Waals surface area (Å²) in [4.78, 5) is 2.56. The third-order valence-corrected chi connectivity index (χ3v) is 17.2. The van der Waals surface area contributed by atoms with Crippen molar-refractivity contribution in [2.24, 2.45) is 0 Å². The van der Waals surface area contributed by atoms with E-state index in [1.165, 1.54) is 70.6 Å². The Balaban J connectivity index is 0.968. The lowest BCUT2D eigenvalue weighted by Crippen LogP contribution is -2.59. The maximum absolute atomic E-state index is 7.59. The second kappa shape index (κ2) is 15.6. The van der Waals surface area contributed by atoms with Gasteiger partial charge in [-0.3, -0.25) is 0 Å². The summed E-state index contributed by atoms with van der Waals surface area (Å²) in [5, 5.41) is 9.90. The first kappa shape index (κ1) is 42.0. The van der Waals surface area contributed by atoms with Crippen LogP contribution in [0.15, 0.2) is 261 Å². The molecule has 0 amide bonds. The second-order valence-electron chi connectivity index (χ2n) is 21.2. The Hall–Kier alpha value is -10.3. The molecular weight excluding hydrogens is 948 g/mol. The molecule has 0 atom stereocenters. The Kier molecular flexibility index (Phi) is 8.42. The van der Waals surface area contributed by atoms with Gasteiger partial charge in [0, 0.05) is 77.5 Å². The smallest absolute Gasteiger partial charge is 0.256 e. The van der Waals surface area contributed by atoms with Gasteiger partial charge in [-0.1, -0.05) is 176 Å². The zero-order chi connectivity index (χ0) is 50.7. The lowest BCUT2D eigenvalue weighted by Gasteiger charge is -2.41. The third kappa shape index (κ3) is 5.65. The molecule has 0 N–H and O–H groups in total. The summed E-state index contributed by atoms with van der Waals surface area (Å²) in [7, 11) is 0. The van der Waals surface area contributed by atoms with Crippen LogP contribution in [0, 0.1) is 0 Å². The molecule has 0 saturated heterocycles. The van der Waals surface area contributed by atoms with Crippen LogP contribution in [0.5, 0.6) is 11.5 Å². The lowest BCUT2D eigenvalue weighted by molar-refractivity contribution is 0.488. The van der Waals surface area contributed by atoms with Gasteiger partial charge in [0.25, 0.3) is 6.71 Å². The summed E-state index contributed by atoms with van der Waals surface area (Å²) in [6.45, 7) is -0.175. The van der Waals surface area contributed by atoms with E-state index in [2.05, 4.69) is 279 Å². The van der Waals surface area contributed by atoms with Crippen molar-refractivity contribution in [3.63, 3.8) is 0 Å². The Morgan fingerprint density at radius 2 is 0.833 bits per heavy atom. The van der Waals surface area contributed by atoms with Crippen molar-refractivity contribution in [1.29, 1.82) is 0 Å². The van der Waals surface area contributed by atoms with Crippen LogP contribution in [0.1, 0.15) is 0 Å². The largest absolute Gasteiger partial charge is 0.458 e. The number of fused-ring (bicyclic) bond motifs is 16. The highest BCUT2D eigenvalue weighted by molar-refractivity contribution is 6.99. The van der Waals surface area contributed by atoms with Crippen LogP contribution in [0.2, 0.25) is 0 Å². The van der Waals surface area contributed by atoms with Crippen LogP contribution >= 0.6 is 0 Å². The Labute approximate surface area is 448 Å². The van der Waals surface area contributed by atoms with E-state index in [4.69, 9.17) is 4.74 Å². The quantitative estimate of drug-likeness (QED) is 0.161. The molecule has 6 heterocycles. The summed E-state index contributed by atoms with van der Waals surface area (Å²) >= 11 is 0. The minimum absolute atomic E-state index is 0.175. The molecule has 0 bridgehead atoms. The monoisotopic (exact) mass is 990 g/mol. The Morgan fingerprint density at radius 3 is 1.54 bits per heavy atom. The number of anilines is 3. The molecule has 0 aliphatic carbocycles. The van der Waals surface area contributed by atoms with Gasteiger partial charge in [-0.05, 0) is 112 Å². The average molecular weight is 991 g/mol. The van der Waals surface area contributed by atoms with Crippen molar-refractivity contribution in [3.8, 4) is 45.1 Å². The number of hydrogen-bond acceptors (Lipinski definition) is 2. The minimum atomic E-state index is -0.175. The molecule has 2 aliphatic rings. The summed E-state index contributed by atoms with van der Waals surface area (Å²) in [6.07, 6.45) is 0. The molecule has 12 aromatic carbocycles. The predicted molar refractivity (Wildman–Crippen MR) is 327 cm³/mol. The molecule has 2 aliphatic heterocycles. The molecule has 5 nitrogen and oxygen atoms in total. The maximum atomic E-state index is 7.59. The molecule has 0 radical (unpaired) electrons. The molecule has 360 valence electrons. The van der Waals surface area contributed by atoms with Gasteiger partial charge in [-0.25, -0.2) is 0 Å². The fourth-order valence-corrected chi connectivity index (χ4v) is 14.0. The molecule has 0 saturated carbocycles. The van der Waals surface area contributed by atoms with Gasteiger partial charge in [0.1, 0.15) is 11.5 Å². The molecule has 0 fully saturated rings. The van der Waals surface area contributed by atoms with Crippen LogP contribution < -0.4 is 26.0 Å². The number of hydrogen-bond donors (Lipinski definition) is 0. The van der Waals surface area contributed by atoms with E-state index in [1.807, 2.05) is 0 Å². The van der Waals surface area contributed by atoms with Gasteiger partial charge in [-0.15, -0.1) is 0 Å². The van der Waals surface area contributed by atoms with E-state index in [1.54, 1.807) is 0 Å². The highest BCUT2D eigenvalue weighted by Crippen LogP contribution is 2.49. The van der Waals surface area contributed by atoms with E-state index in [9.17, 15) is 0 Å². The van der Waals surface area contributed by atoms with Crippen LogP contribution in [0.4, 0.5) is 17.1 Å². The Bertz CT molecular complexity index is 5190. The maximum Gasteiger partial charge on any atom is 0.256 e. The van der Waals surface area contributed by atoms with Crippen LogP contribution in [-0.4, -0.2) is 20.2 Å². The highest BCUT2D eigenvalue weighted by atomic mass is 16.5. The van der Waals surface area contributed by atoms with Crippen molar-refractivity contribution in [2.45, 2.75) is 0 Å². The summed E-state index contributed by atoms with van der Waals surface area (Å²) in [5.74, 6) is 1.73. The van der Waals surface area contributed by atoms with E-state index < -0.39 is 0 Å². The van der Waals surface area contributed by atoms with Gasteiger partial charge in [0.2, 0.25) is 0 Å². The molecule has 18 rings (SSSR count). The summed E-state index contributed by atoms with van der Waals surface area (Å²) in [5.41, 5.74) is 22.0. The van der Waals surface area contributed by atoms with Crippen LogP contribution in [-0.2, 0) is 0 Å². The first-order valence-electron chi connectivity index (χ1n) is 26.9. The molecular formula is C72H43BN4O. The fourth-order valence-electron chi connectivity index (χ4n) is 14.0. The molecule has 78 heavy (non-hydrogen) atoms. The van der Waals surface area contributed by atoms with Gasteiger partial charge >= 0.3 is 0 Å². The fraction of sp³-hybridized carbons (Fsp3) is 0. The van der Waals surface area contributed by atoms with Crippen molar-refractivity contribution < 1.29 is 4.74 Å². The Morgan fingerprint density at radius 1 is 0.295 bits per heavy atom. The van der Waals surface area contributed by atoms with Gasteiger partial charge in [-0.2, -0.15) is 0 Å². The van der Waals surface area contributed by atoms with E-state index in [-0.39, 0.29) is 6.71 Å². The van der Waals surface area contributed by atoms with Crippen LogP contribution in [0.25, 0.3) is 115 Å². The first-order chi connectivity index (χ1) is 38.7.